The monoisotopic (exact) mass is 392 g/mol. The van der Waals surface area contributed by atoms with E-state index in [1.807, 2.05) is 30.3 Å². The van der Waals surface area contributed by atoms with Gasteiger partial charge in [-0.05, 0) is 36.4 Å². The number of nitrogens with one attached hydrogen (secondary N) is 2. The summed E-state index contributed by atoms with van der Waals surface area (Å²) >= 11 is 5.92. The molecule has 2 N–H and O–H groups in total. The van der Waals surface area contributed by atoms with Gasteiger partial charge >= 0.3 is 0 Å². The van der Waals surface area contributed by atoms with Crippen LogP contribution in [0, 0.1) is 5.82 Å². The smallest absolute Gasteiger partial charge is 0.261 e. The average Bonchev–Trinajstić information content (AvgIpc) is 2.70. The minimum Gasteiger partial charge on any atom is -0.352 e. The number of halogens is 2. The summed E-state index contributed by atoms with van der Waals surface area (Å²) in [6, 6.07) is 17.2. The molecule has 2 aromatic heterocycles. The first-order valence-corrected chi connectivity index (χ1v) is 8.82. The number of aromatic nitrogens is 2. The van der Waals surface area contributed by atoms with Crippen LogP contribution in [0.1, 0.15) is 10.4 Å². The molecule has 28 heavy (non-hydrogen) atoms. The van der Waals surface area contributed by atoms with Gasteiger partial charge in [-0.2, -0.15) is 0 Å². The van der Waals surface area contributed by atoms with Crippen LogP contribution in [0.5, 0.6) is 0 Å². The lowest BCUT2D eigenvalue weighted by atomic mass is 10.2. The number of carbonyl (C=O) groups is 1. The largest absolute Gasteiger partial charge is 0.352 e. The van der Waals surface area contributed by atoms with Crippen molar-refractivity contribution in [1.82, 2.24) is 9.97 Å². The molecule has 0 radical (unpaired) electrons. The van der Waals surface area contributed by atoms with Crippen molar-refractivity contribution in [3.63, 3.8) is 0 Å². The molecule has 5 nitrogen and oxygen atoms in total. The van der Waals surface area contributed by atoms with E-state index in [1.165, 1.54) is 18.2 Å². The molecule has 0 saturated carbocycles. The van der Waals surface area contributed by atoms with Crippen molar-refractivity contribution < 1.29 is 9.18 Å². The van der Waals surface area contributed by atoms with E-state index in [0.717, 1.165) is 22.3 Å². The van der Waals surface area contributed by atoms with E-state index in [-0.39, 0.29) is 16.4 Å². The number of amides is 1. The second-order valence-electron chi connectivity index (χ2n) is 5.99. The maximum absolute atomic E-state index is 13.9. The molecule has 0 atom stereocenters. The SMILES string of the molecule is O=C(Nc1ccc(Nc2cccc3cccnc23)cn1)c1c(F)cccc1Cl. The number of nitrogens with zero attached hydrogens (tertiary/aromatic N) is 2. The highest BCUT2D eigenvalue weighted by molar-refractivity contribution is 6.34. The van der Waals surface area contributed by atoms with Crippen molar-refractivity contribution in [1.29, 1.82) is 0 Å². The van der Waals surface area contributed by atoms with E-state index in [9.17, 15) is 9.18 Å². The van der Waals surface area contributed by atoms with Crippen LogP contribution in [-0.2, 0) is 0 Å². The lowest BCUT2D eigenvalue weighted by Gasteiger charge is -2.10. The van der Waals surface area contributed by atoms with Gasteiger partial charge in [-0.25, -0.2) is 9.37 Å². The predicted octanol–water partition coefficient (Wildman–Crippen LogP) is 5.42. The number of rotatable bonds is 4. The van der Waals surface area contributed by atoms with Crippen LogP contribution in [0.15, 0.2) is 73.1 Å². The zero-order valence-electron chi connectivity index (χ0n) is 14.5. The van der Waals surface area contributed by atoms with Crippen LogP contribution in [0.2, 0.25) is 5.02 Å². The highest BCUT2D eigenvalue weighted by Crippen LogP contribution is 2.25. The van der Waals surface area contributed by atoms with Crippen molar-refractivity contribution >= 4 is 45.6 Å². The molecule has 0 fully saturated rings. The summed E-state index contributed by atoms with van der Waals surface area (Å²) in [6.45, 7) is 0. The fraction of sp³-hybridized carbons (Fsp3) is 0. The molecular formula is C21H14ClFN4O. The molecule has 2 heterocycles. The Morgan fingerprint density at radius 1 is 0.964 bits per heavy atom. The minimum atomic E-state index is -0.688. The quantitative estimate of drug-likeness (QED) is 0.486. The fourth-order valence-electron chi connectivity index (χ4n) is 2.80. The number of anilines is 3. The zero-order valence-corrected chi connectivity index (χ0v) is 15.2. The second kappa shape index (κ2) is 7.62. The maximum Gasteiger partial charge on any atom is 0.261 e. The molecular weight excluding hydrogens is 379 g/mol. The highest BCUT2D eigenvalue weighted by Gasteiger charge is 2.16. The summed E-state index contributed by atoms with van der Waals surface area (Å²) < 4.78 is 13.9. The van der Waals surface area contributed by atoms with Crippen LogP contribution in [0.3, 0.4) is 0 Å². The fourth-order valence-corrected chi connectivity index (χ4v) is 3.04. The number of hydrogen-bond donors (Lipinski definition) is 2. The molecule has 4 aromatic rings. The molecule has 0 saturated heterocycles. The zero-order chi connectivity index (χ0) is 19.5. The van der Waals surface area contributed by atoms with Gasteiger partial charge in [-0.1, -0.05) is 35.9 Å². The van der Waals surface area contributed by atoms with Crippen molar-refractivity contribution in [2.24, 2.45) is 0 Å². The Balaban J connectivity index is 1.52. The molecule has 0 aliphatic carbocycles. The minimum absolute atomic E-state index is 0.0410. The first-order valence-electron chi connectivity index (χ1n) is 8.44. The van der Waals surface area contributed by atoms with E-state index < -0.39 is 11.7 Å². The Morgan fingerprint density at radius 2 is 1.79 bits per heavy atom. The first kappa shape index (κ1) is 17.9. The topological polar surface area (TPSA) is 66.9 Å². The van der Waals surface area contributed by atoms with Crippen LogP contribution in [0.4, 0.5) is 21.6 Å². The standard InChI is InChI=1S/C21H14ClFN4O/c22-15-6-2-7-16(23)19(15)21(28)27-18-10-9-14(12-25-18)26-17-8-1-4-13-5-3-11-24-20(13)17/h1-12,26H,(H,25,27,28). The molecule has 0 aliphatic rings. The Kier molecular flexibility index (Phi) is 4.87. The summed E-state index contributed by atoms with van der Waals surface area (Å²) in [5, 5.41) is 6.87. The summed E-state index contributed by atoms with van der Waals surface area (Å²) in [5.41, 5.74) is 2.20. The van der Waals surface area contributed by atoms with Gasteiger partial charge in [-0.15, -0.1) is 0 Å². The van der Waals surface area contributed by atoms with E-state index in [0.29, 0.717) is 0 Å². The molecule has 7 heteroatoms. The van der Waals surface area contributed by atoms with E-state index >= 15 is 0 Å². The summed E-state index contributed by atoms with van der Waals surface area (Å²) in [7, 11) is 0. The normalized spacial score (nSPS) is 10.6. The molecule has 0 unspecified atom stereocenters. The highest BCUT2D eigenvalue weighted by atomic mass is 35.5. The third-order valence-electron chi connectivity index (χ3n) is 4.11. The Labute approximate surface area is 165 Å². The Bertz CT molecular complexity index is 1140. The molecule has 138 valence electrons. The second-order valence-corrected chi connectivity index (χ2v) is 6.40. The lowest BCUT2D eigenvalue weighted by Crippen LogP contribution is -2.15. The Morgan fingerprint density at radius 3 is 2.57 bits per heavy atom. The van der Waals surface area contributed by atoms with Crippen molar-refractivity contribution in [3.05, 3.63) is 89.5 Å². The van der Waals surface area contributed by atoms with Crippen LogP contribution in [-0.4, -0.2) is 15.9 Å². The third kappa shape index (κ3) is 3.63. The van der Waals surface area contributed by atoms with Crippen molar-refractivity contribution in [2.75, 3.05) is 10.6 Å². The van der Waals surface area contributed by atoms with Gasteiger partial charge in [0.1, 0.15) is 11.6 Å². The van der Waals surface area contributed by atoms with Gasteiger partial charge in [0.2, 0.25) is 0 Å². The number of benzene rings is 2. The van der Waals surface area contributed by atoms with Crippen LogP contribution < -0.4 is 10.6 Å². The van der Waals surface area contributed by atoms with E-state index in [4.69, 9.17) is 11.6 Å². The number of pyridine rings is 2. The van der Waals surface area contributed by atoms with E-state index in [2.05, 4.69) is 20.6 Å². The van der Waals surface area contributed by atoms with Gasteiger partial charge in [0, 0.05) is 11.6 Å². The lowest BCUT2D eigenvalue weighted by molar-refractivity contribution is 0.102. The number of para-hydroxylation sites is 1. The van der Waals surface area contributed by atoms with Gasteiger partial charge in [-0.3, -0.25) is 9.78 Å². The summed E-state index contributed by atoms with van der Waals surface area (Å²) in [6.07, 6.45) is 3.30. The van der Waals surface area contributed by atoms with Crippen molar-refractivity contribution in [3.8, 4) is 0 Å². The third-order valence-corrected chi connectivity index (χ3v) is 4.42. The van der Waals surface area contributed by atoms with Crippen molar-refractivity contribution in [2.45, 2.75) is 0 Å². The average molecular weight is 393 g/mol. The first-order chi connectivity index (χ1) is 13.6. The molecule has 0 aliphatic heterocycles. The van der Waals surface area contributed by atoms with Crippen LogP contribution in [0.25, 0.3) is 10.9 Å². The van der Waals surface area contributed by atoms with Crippen LogP contribution >= 0.6 is 11.6 Å². The van der Waals surface area contributed by atoms with E-state index in [1.54, 1.807) is 24.5 Å². The molecule has 1 amide bonds. The predicted molar refractivity (Wildman–Crippen MR) is 109 cm³/mol. The molecule has 0 spiro atoms. The number of carbonyl (C=O) groups excluding carboxylic acids is 1. The number of fused-ring (bicyclic) bond motifs is 1. The van der Waals surface area contributed by atoms with Gasteiger partial charge in [0.25, 0.3) is 5.91 Å². The Hall–Kier alpha value is -3.51. The maximum atomic E-state index is 13.9. The van der Waals surface area contributed by atoms with Gasteiger partial charge < -0.3 is 10.6 Å². The summed E-state index contributed by atoms with van der Waals surface area (Å²) in [5.74, 6) is -1.06. The molecule has 0 bridgehead atoms. The number of hydrogen-bond acceptors (Lipinski definition) is 4. The van der Waals surface area contributed by atoms with Gasteiger partial charge in [0.05, 0.1) is 33.7 Å². The molecule has 2 aromatic carbocycles. The van der Waals surface area contributed by atoms with Gasteiger partial charge in [0.15, 0.2) is 0 Å². The molecule has 4 rings (SSSR count). The summed E-state index contributed by atoms with van der Waals surface area (Å²) in [4.78, 5) is 20.9.